The highest BCUT2D eigenvalue weighted by Crippen LogP contribution is 2.61. The molecule has 7 heterocycles. The Morgan fingerprint density at radius 3 is 2.49 bits per heavy atom. The first-order chi connectivity index (χ1) is 22.4. The van der Waals surface area contributed by atoms with Gasteiger partial charge >= 0.3 is 16.0 Å². The summed E-state index contributed by atoms with van der Waals surface area (Å²) in [6.45, 7) is -1.21. The van der Waals surface area contributed by atoms with E-state index in [-0.39, 0.29) is 34.1 Å². The summed E-state index contributed by atoms with van der Waals surface area (Å²) in [4.78, 5) is 57.4. The summed E-state index contributed by atoms with van der Waals surface area (Å²) in [5.41, 5.74) is 11.4. The lowest BCUT2D eigenvalue weighted by atomic mass is 10.1. The highest BCUT2D eigenvalue weighted by atomic mass is 31.2. The van der Waals surface area contributed by atoms with E-state index in [1.54, 1.807) is 0 Å². The van der Waals surface area contributed by atoms with E-state index in [0.29, 0.717) is 0 Å². The monoisotopic (exact) mass is 703 g/mol. The van der Waals surface area contributed by atoms with Gasteiger partial charge in [-0.3, -0.25) is 28.0 Å². The van der Waals surface area contributed by atoms with Crippen molar-refractivity contribution in [2.75, 3.05) is 38.9 Å². The van der Waals surface area contributed by atoms with E-state index in [9.17, 15) is 24.3 Å². The summed E-state index contributed by atoms with van der Waals surface area (Å²) >= 11 is 0. The molecule has 0 spiro atoms. The molecule has 0 aromatic carbocycles. The fourth-order valence-corrected chi connectivity index (χ4v) is 7.75. The number of ether oxygens (including phenoxy) is 3. The Labute approximate surface area is 262 Å². The zero-order valence-electron chi connectivity index (χ0n) is 24.4. The van der Waals surface area contributed by atoms with Crippen molar-refractivity contribution in [2.45, 2.75) is 49.1 Å². The van der Waals surface area contributed by atoms with Gasteiger partial charge in [0.25, 0.3) is 5.56 Å². The topological polar surface area (TPSA) is 311 Å². The summed E-state index contributed by atoms with van der Waals surface area (Å²) in [6.07, 6.45) is -6.86. The fourth-order valence-electron chi connectivity index (χ4n) is 5.66. The third-order valence-electron chi connectivity index (χ3n) is 7.80. The first-order valence-corrected chi connectivity index (χ1v) is 16.7. The van der Waals surface area contributed by atoms with Crippen LogP contribution in [0.15, 0.2) is 23.8 Å². The number of hydrogen-bond donors (Lipinski definition) is 6. The lowest BCUT2D eigenvalue weighted by Crippen LogP contribution is -2.38. The van der Waals surface area contributed by atoms with E-state index in [0.717, 1.165) is 7.11 Å². The van der Waals surface area contributed by atoms with Gasteiger partial charge in [-0.1, -0.05) is 0 Å². The summed E-state index contributed by atoms with van der Waals surface area (Å²) < 4.78 is 61.4. The van der Waals surface area contributed by atoms with Crippen molar-refractivity contribution in [3.05, 3.63) is 29.3 Å². The molecule has 8 N–H and O–H groups in total. The molecule has 0 amide bonds. The van der Waals surface area contributed by atoms with Crippen LogP contribution in [0.1, 0.15) is 12.5 Å². The quantitative estimate of drug-likeness (QED) is 0.132. The normalized spacial score (nSPS) is 36.6. The second-order valence-electron chi connectivity index (χ2n) is 10.5. The van der Waals surface area contributed by atoms with Gasteiger partial charge < -0.3 is 35.7 Å². The molecule has 4 aromatic heterocycles. The third-order valence-corrected chi connectivity index (χ3v) is 10.2. The fraction of sp³-hybridized carbons (Fsp3) is 0.545. The predicted octanol–water partition coefficient (Wildman–Crippen LogP) is -1.47. The van der Waals surface area contributed by atoms with E-state index in [1.165, 1.54) is 35.2 Å². The Hall–Kier alpha value is -3.28. The number of fused-ring (bicyclic) bond motifs is 5. The largest absolute Gasteiger partial charge is 0.572 e. The van der Waals surface area contributed by atoms with Crippen molar-refractivity contribution >= 4 is 50.1 Å². The number of nitrogen functional groups attached to an aromatic ring is 2. The number of hydrogen-bond acceptors (Lipinski definition) is 19. The average Bonchev–Trinajstić information content (AvgIpc) is 3.79. The number of phosphoric ester groups is 1. The number of nitrogens with two attached hydrogens (primary N) is 2. The molecule has 47 heavy (non-hydrogen) atoms. The molecule has 2 bridgehead atoms. The van der Waals surface area contributed by atoms with E-state index in [1.807, 2.05) is 0 Å². The number of H-pyrrole nitrogens is 1. The summed E-state index contributed by atoms with van der Waals surface area (Å²) in [5.74, 6) is -0.137. The maximum atomic E-state index is 13.3. The van der Waals surface area contributed by atoms with Crippen molar-refractivity contribution in [1.29, 1.82) is 0 Å². The molecule has 254 valence electrons. The summed E-state index contributed by atoms with van der Waals surface area (Å²) in [6, 6.07) is 0. The molecule has 25 heteroatoms. The van der Waals surface area contributed by atoms with Crippen molar-refractivity contribution in [2.24, 2.45) is 0 Å². The van der Waals surface area contributed by atoms with Crippen LogP contribution in [0.25, 0.3) is 22.3 Å². The predicted molar refractivity (Wildman–Crippen MR) is 155 cm³/mol. The Balaban J connectivity index is 1.23. The summed E-state index contributed by atoms with van der Waals surface area (Å²) in [7, 11) is -6.86. The smallest absolute Gasteiger partial charge is 0.386 e. The Morgan fingerprint density at radius 2 is 1.74 bits per heavy atom. The van der Waals surface area contributed by atoms with Gasteiger partial charge in [0.1, 0.15) is 49.0 Å². The average molecular weight is 703 g/mol. The van der Waals surface area contributed by atoms with Crippen LogP contribution in [-0.2, 0) is 41.4 Å². The Kier molecular flexibility index (Phi) is 8.24. The van der Waals surface area contributed by atoms with Crippen LogP contribution in [0.3, 0.4) is 0 Å². The number of rotatable bonds is 4. The molecule has 23 nitrogen and oxygen atoms in total. The van der Waals surface area contributed by atoms with Crippen molar-refractivity contribution in [3.8, 4) is 0 Å². The van der Waals surface area contributed by atoms with Gasteiger partial charge in [0.05, 0.1) is 26.4 Å². The Morgan fingerprint density at radius 1 is 1.02 bits per heavy atom. The number of aliphatic hydroxyl groups is 1. The molecule has 4 aromatic rings. The molecule has 7 rings (SSSR count). The van der Waals surface area contributed by atoms with Crippen molar-refractivity contribution in [3.63, 3.8) is 0 Å². The molecule has 3 saturated heterocycles. The number of aromatic amines is 1. The number of imidazole rings is 2. The number of aromatic nitrogens is 8. The van der Waals surface area contributed by atoms with Crippen LogP contribution in [0.5, 0.6) is 0 Å². The summed E-state index contributed by atoms with van der Waals surface area (Å²) in [5, 5.41) is 11.3. The van der Waals surface area contributed by atoms with Crippen LogP contribution in [0.4, 0.5) is 11.8 Å². The molecule has 3 aliphatic heterocycles. The molecular formula is C22H29N10O13P2+. The molecular weight excluding hydrogens is 674 g/mol. The van der Waals surface area contributed by atoms with Crippen LogP contribution in [-0.4, -0.2) is 118 Å². The van der Waals surface area contributed by atoms with Crippen LogP contribution < -0.4 is 17.0 Å². The lowest BCUT2D eigenvalue weighted by Gasteiger charge is -2.25. The zero-order valence-corrected chi connectivity index (χ0v) is 26.2. The van der Waals surface area contributed by atoms with Crippen LogP contribution in [0, 0.1) is 0 Å². The van der Waals surface area contributed by atoms with E-state index in [2.05, 4.69) is 29.9 Å². The van der Waals surface area contributed by atoms with Crippen molar-refractivity contribution < 1.29 is 56.3 Å². The van der Waals surface area contributed by atoms with Gasteiger partial charge in [0, 0.05) is 7.11 Å². The number of nitrogens with one attached hydrogen (secondary N) is 1. The zero-order chi connectivity index (χ0) is 33.2. The van der Waals surface area contributed by atoms with Gasteiger partial charge in [-0.25, -0.2) is 24.5 Å². The molecule has 10 atom stereocenters. The minimum Gasteiger partial charge on any atom is -0.386 e. The van der Waals surface area contributed by atoms with Crippen molar-refractivity contribution in [1.82, 2.24) is 39.0 Å². The van der Waals surface area contributed by atoms with E-state index < -0.39 is 83.8 Å². The molecule has 10 unspecified atom stereocenters. The minimum absolute atomic E-state index is 0.0000363. The number of phosphoric acid groups is 1. The van der Waals surface area contributed by atoms with E-state index in [4.69, 9.17) is 48.3 Å². The number of nitrogens with zero attached hydrogens (tertiary/aromatic N) is 7. The van der Waals surface area contributed by atoms with Gasteiger partial charge in [-0.05, 0) is 0 Å². The molecule has 0 radical (unpaired) electrons. The maximum absolute atomic E-state index is 13.3. The highest BCUT2D eigenvalue weighted by molar-refractivity contribution is 7.55. The van der Waals surface area contributed by atoms with Gasteiger partial charge in [-0.15, -0.1) is 4.52 Å². The van der Waals surface area contributed by atoms with E-state index >= 15 is 0 Å². The molecule has 0 aliphatic carbocycles. The first-order valence-electron chi connectivity index (χ1n) is 13.7. The highest BCUT2D eigenvalue weighted by Gasteiger charge is 2.59. The first kappa shape index (κ1) is 32.3. The standard InChI is InChI=1S/C22H28N10O13P2/c1-38-14-9-3-40-46(35,36)44-13-8(42-20(12(13)33)31-6-27-10-16(23)25-5-26-17(10)31)4-41-47(37,39-2)45-15(14)21(43-9)32-7-28-11-18(32)29-22(24)30-19(11)34/h5-9,12-15,20-21,33,37H,3-4H2,1-2H3,(H5-,23,24,25,26,29,30,34,35,36)/p+1. The third kappa shape index (κ3) is 5.68. The Bertz CT molecular complexity index is 1910. The van der Waals surface area contributed by atoms with Gasteiger partial charge in [0.15, 0.2) is 41.2 Å². The molecule has 3 aliphatic rings. The SMILES string of the molecule is COC1C2COP(=O)(O)OC3C(CO[P+](O)(OC)OC1C(n1cnc4c(=O)[nH]c(N)nc41)O2)OC(n1cnc2c(N)ncnc21)C3O. The minimum atomic E-state index is -4.98. The molecule has 3 fully saturated rings. The van der Waals surface area contributed by atoms with Crippen LogP contribution >= 0.6 is 16.0 Å². The number of methoxy groups -OCH3 is 1. The van der Waals surface area contributed by atoms with Crippen LogP contribution in [0.2, 0.25) is 0 Å². The van der Waals surface area contributed by atoms with Gasteiger partial charge in [0.2, 0.25) is 5.95 Å². The maximum Gasteiger partial charge on any atom is 0.572 e. The second-order valence-corrected chi connectivity index (χ2v) is 13.7. The van der Waals surface area contributed by atoms with Gasteiger partial charge in [-0.2, -0.15) is 18.9 Å². The lowest BCUT2D eigenvalue weighted by molar-refractivity contribution is -0.0733. The second kappa shape index (κ2) is 12.0. The number of aliphatic hydroxyl groups excluding tert-OH is 1. The number of anilines is 2. The molecule has 0 saturated carbocycles.